The first kappa shape index (κ1) is 14.2. The summed E-state index contributed by atoms with van der Waals surface area (Å²) in [6.45, 7) is 0. The predicted octanol–water partition coefficient (Wildman–Crippen LogP) is 2.83. The van der Waals surface area contributed by atoms with Gasteiger partial charge in [-0.05, 0) is 42.9 Å². The van der Waals surface area contributed by atoms with Gasteiger partial charge in [-0.15, -0.1) is 24.2 Å². The van der Waals surface area contributed by atoms with Crippen molar-refractivity contribution in [3.05, 3.63) is 29.3 Å². The van der Waals surface area contributed by atoms with Gasteiger partial charge < -0.3 is 10.9 Å². The molecule has 0 radical (unpaired) electrons. The highest BCUT2D eigenvalue weighted by molar-refractivity contribution is 8.00. The van der Waals surface area contributed by atoms with E-state index in [-0.39, 0.29) is 18.2 Å². The zero-order chi connectivity index (χ0) is 11.4. The summed E-state index contributed by atoms with van der Waals surface area (Å²) in [4.78, 5) is 1.28. The minimum absolute atomic E-state index is 0. The fraction of sp³-hybridized carbons (Fsp3) is 0.417. The number of amidine groups is 1. The Morgan fingerprint density at radius 3 is 2.88 bits per heavy atom. The molecular weight excluding hydrogens is 256 g/mol. The maximum atomic E-state index is 8.50. The highest BCUT2D eigenvalue weighted by atomic mass is 35.5. The van der Waals surface area contributed by atoms with Gasteiger partial charge in [0.1, 0.15) is 5.84 Å². The molecular formula is C12H17ClN2OS. The van der Waals surface area contributed by atoms with Gasteiger partial charge in [-0.3, -0.25) is 0 Å². The molecule has 0 amide bonds. The molecule has 0 atom stereocenters. The van der Waals surface area contributed by atoms with E-state index in [9.17, 15) is 0 Å². The molecule has 17 heavy (non-hydrogen) atoms. The van der Waals surface area contributed by atoms with Crippen LogP contribution in [0.1, 0.15) is 24.0 Å². The van der Waals surface area contributed by atoms with Gasteiger partial charge in [0.25, 0.3) is 0 Å². The third kappa shape index (κ3) is 3.54. The molecule has 0 unspecified atom stereocenters. The van der Waals surface area contributed by atoms with Crippen LogP contribution in [0.15, 0.2) is 28.3 Å². The van der Waals surface area contributed by atoms with E-state index in [0.717, 1.165) is 6.42 Å². The van der Waals surface area contributed by atoms with Crippen LogP contribution in [-0.4, -0.2) is 16.8 Å². The molecule has 0 aromatic heterocycles. The van der Waals surface area contributed by atoms with Gasteiger partial charge in [0, 0.05) is 4.90 Å². The summed E-state index contributed by atoms with van der Waals surface area (Å²) in [7, 11) is 0. The van der Waals surface area contributed by atoms with Gasteiger partial charge in [-0.1, -0.05) is 17.3 Å². The lowest BCUT2D eigenvalue weighted by molar-refractivity contribution is 0.318. The van der Waals surface area contributed by atoms with Crippen LogP contribution < -0.4 is 5.73 Å². The first-order valence-electron chi connectivity index (χ1n) is 5.51. The monoisotopic (exact) mass is 272 g/mol. The van der Waals surface area contributed by atoms with Crippen molar-refractivity contribution in [3.8, 4) is 0 Å². The van der Waals surface area contributed by atoms with Crippen molar-refractivity contribution < 1.29 is 5.21 Å². The zero-order valence-corrected chi connectivity index (χ0v) is 11.2. The SMILES string of the molecule is Cl.N/C(CSc1cccc2c1CCCC2)=N/O. The number of halogens is 1. The van der Waals surface area contributed by atoms with Crippen molar-refractivity contribution in [2.24, 2.45) is 10.9 Å². The third-order valence-corrected chi connectivity index (χ3v) is 3.99. The molecule has 0 heterocycles. The topological polar surface area (TPSA) is 58.6 Å². The van der Waals surface area contributed by atoms with Crippen molar-refractivity contribution in [1.29, 1.82) is 0 Å². The standard InChI is InChI=1S/C12H16N2OS.ClH/c13-12(14-15)8-16-11-7-3-5-9-4-1-2-6-10(9)11;/h3,5,7,15H,1-2,4,6,8H2,(H2,13,14);1H. The molecule has 1 aliphatic carbocycles. The maximum Gasteiger partial charge on any atom is 0.149 e. The van der Waals surface area contributed by atoms with E-state index in [2.05, 4.69) is 23.4 Å². The number of aryl methyl sites for hydroxylation is 1. The number of fused-ring (bicyclic) bond motifs is 1. The van der Waals surface area contributed by atoms with Crippen LogP contribution in [0.5, 0.6) is 0 Å². The minimum atomic E-state index is 0. The van der Waals surface area contributed by atoms with Crippen molar-refractivity contribution >= 4 is 30.0 Å². The summed E-state index contributed by atoms with van der Waals surface area (Å²) in [5.41, 5.74) is 8.41. The highest BCUT2D eigenvalue weighted by Gasteiger charge is 2.13. The molecule has 0 saturated carbocycles. The van der Waals surface area contributed by atoms with E-state index < -0.39 is 0 Å². The molecule has 0 fully saturated rings. The number of nitrogens with two attached hydrogens (primary N) is 1. The molecule has 0 saturated heterocycles. The summed E-state index contributed by atoms with van der Waals surface area (Å²) in [5.74, 6) is 0.825. The lowest BCUT2D eigenvalue weighted by atomic mass is 9.92. The van der Waals surface area contributed by atoms with E-state index in [4.69, 9.17) is 10.9 Å². The Kier molecular flexibility index (Phi) is 5.65. The van der Waals surface area contributed by atoms with Crippen molar-refractivity contribution in [2.75, 3.05) is 5.75 Å². The molecule has 1 aliphatic rings. The van der Waals surface area contributed by atoms with Crippen LogP contribution in [0.3, 0.4) is 0 Å². The largest absolute Gasteiger partial charge is 0.409 e. The zero-order valence-electron chi connectivity index (χ0n) is 9.56. The summed E-state index contributed by atoms with van der Waals surface area (Å²) in [6, 6.07) is 6.43. The van der Waals surface area contributed by atoms with Crippen LogP contribution in [0.25, 0.3) is 0 Å². The van der Waals surface area contributed by atoms with E-state index >= 15 is 0 Å². The molecule has 3 nitrogen and oxygen atoms in total. The Bertz CT molecular complexity index is 409. The van der Waals surface area contributed by atoms with Crippen LogP contribution >= 0.6 is 24.2 Å². The quantitative estimate of drug-likeness (QED) is 0.292. The molecule has 1 aromatic carbocycles. The molecule has 2 rings (SSSR count). The Morgan fingerprint density at radius 2 is 2.12 bits per heavy atom. The van der Waals surface area contributed by atoms with Crippen molar-refractivity contribution in [1.82, 2.24) is 0 Å². The summed E-state index contributed by atoms with van der Waals surface area (Å²) in [5, 5.41) is 11.5. The van der Waals surface area contributed by atoms with Crippen molar-refractivity contribution in [2.45, 2.75) is 30.6 Å². The van der Waals surface area contributed by atoms with E-state index in [0.29, 0.717) is 5.75 Å². The maximum absolute atomic E-state index is 8.50. The fourth-order valence-corrected chi connectivity index (χ4v) is 3.01. The lowest BCUT2D eigenvalue weighted by Gasteiger charge is -2.18. The third-order valence-electron chi connectivity index (χ3n) is 2.86. The molecule has 3 N–H and O–H groups in total. The number of rotatable bonds is 3. The highest BCUT2D eigenvalue weighted by Crippen LogP contribution is 2.30. The number of hydrogen-bond acceptors (Lipinski definition) is 3. The summed E-state index contributed by atoms with van der Waals surface area (Å²) in [6.07, 6.45) is 4.91. The van der Waals surface area contributed by atoms with Crippen LogP contribution in [0, 0.1) is 0 Å². The molecule has 5 heteroatoms. The minimum Gasteiger partial charge on any atom is -0.409 e. The number of oxime groups is 1. The summed E-state index contributed by atoms with van der Waals surface area (Å²) >= 11 is 1.65. The number of thioether (sulfide) groups is 1. The van der Waals surface area contributed by atoms with E-state index in [1.165, 1.54) is 35.3 Å². The Hall–Kier alpha value is -0.870. The molecule has 0 spiro atoms. The fourth-order valence-electron chi connectivity index (χ4n) is 2.06. The van der Waals surface area contributed by atoms with E-state index in [1.54, 1.807) is 11.8 Å². The number of nitrogens with zero attached hydrogens (tertiary/aromatic N) is 1. The number of benzene rings is 1. The van der Waals surface area contributed by atoms with Crippen molar-refractivity contribution in [3.63, 3.8) is 0 Å². The normalized spacial score (nSPS) is 14.9. The van der Waals surface area contributed by atoms with Gasteiger partial charge in [0.15, 0.2) is 0 Å². The van der Waals surface area contributed by atoms with Gasteiger partial charge in [0.05, 0.1) is 5.75 Å². The Labute approximate surface area is 112 Å². The summed E-state index contributed by atoms with van der Waals surface area (Å²) < 4.78 is 0. The van der Waals surface area contributed by atoms with Gasteiger partial charge in [-0.2, -0.15) is 0 Å². The van der Waals surface area contributed by atoms with Gasteiger partial charge in [0.2, 0.25) is 0 Å². The second-order valence-electron chi connectivity index (χ2n) is 3.98. The Balaban J connectivity index is 0.00000144. The lowest BCUT2D eigenvalue weighted by Crippen LogP contribution is -2.14. The predicted molar refractivity (Wildman–Crippen MR) is 74.5 cm³/mol. The average Bonchev–Trinajstić information content (AvgIpc) is 2.35. The smallest absolute Gasteiger partial charge is 0.149 e. The molecule has 1 aromatic rings. The van der Waals surface area contributed by atoms with Crippen LogP contribution in [-0.2, 0) is 12.8 Å². The molecule has 0 aliphatic heterocycles. The molecule has 0 bridgehead atoms. The van der Waals surface area contributed by atoms with Crippen LogP contribution in [0.2, 0.25) is 0 Å². The second kappa shape index (κ2) is 6.77. The average molecular weight is 273 g/mol. The van der Waals surface area contributed by atoms with Crippen LogP contribution in [0.4, 0.5) is 0 Å². The van der Waals surface area contributed by atoms with Gasteiger partial charge in [-0.25, -0.2) is 0 Å². The van der Waals surface area contributed by atoms with E-state index in [1.807, 2.05) is 0 Å². The number of hydrogen-bond donors (Lipinski definition) is 2. The first-order chi connectivity index (χ1) is 7.81. The second-order valence-corrected chi connectivity index (χ2v) is 5.00. The Morgan fingerprint density at radius 1 is 1.35 bits per heavy atom. The first-order valence-corrected chi connectivity index (χ1v) is 6.50. The van der Waals surface area contributed by atoms with Gasteiger partial charge >= 0.3 is 0 Å². The molecule has 94 valence electrons.